The Morgan fingerprint density at radius 3 is 2.53 bits per heavy atom. The molecule has 4 heteroatoms. The van der Waals surface area contributed by atoms with Gasteiger partial charge in [-0.05, 0) is 11.8 Å². The van der Waals surface area contributed by atoms with Crippen molar-refractivity contribution in [2.75, 3.05) is 13.1 Å². The van der Waals surface area contributed by atoms with Crippen molar-refractivity contribution in [1.82, 2.24) is 4.90 Å². The molecule has 0 aliphatic carbocycles. The minimum absolute atomic E-state index is 0.0115. The molecule has 15 heavy (non-hydrogen) atoms. The van der Waals surface area contributed by atoms with Crippen molar-refractivity contribution < 1.29 is 9.90 Å². The van der Waals surface area contributed by atoms with Gasteiger partial charge in [-0.25, -0.2) is 0 Å². The summed E-state index contributed by atoms with van der Waals surface area (Å²) in [7, 11) is 0. The number of hydrogen-bond acceptors (Lipinski definition) is 3. The third-order valence-electron chi connectivity index (χ3n) is 3.06. The molecule has 0 bridgehead atoms. The summed E-state index contributed by atoms with van der Waals surface area (Å²) in [5.74, 6) is -0.726. The highest BCUT2D eigenvalue weighted by Gasteiger charge is 2.35. The Morgan fingerprint density at radius 2 is 2.20 bits per heavy atom. The van der Waals surface area contributed by atoms with Gasteiger partial charge in [-0.2, -0.15) is 0 Å². The molecule has 0 aromatic carbocycles. The van der Waals surface area contributed by atoms with Gasteiger partial charge in [0, 0.05) is 25.2 Å². The van der Waals surface area contributed by atoms with Gasteiger partial charge in [0.1, 0.15) is 0 Å². The normalized spacial score (nSPS) is 25.5. The Kier molecular flexibility index (Phi) is 3.73. The fraction of sp³-hybridized carbons (Fsp3) is 0.909. The van der Waals surface area contributed by atoms with E-state index in [1.165, 1.54) is 0 Å². The van der Waals surface area contributed by atoms with E-state index in [0.717, 1.165) is 19.5 Å². The SMILES string of the molecule is CC(C)(C)C(CC(=O)O)N1CCC(N)C1. The molecule has 88 valence electrons. The summed E-state index contributed by atoms with van der Waals surface area (Å²) in [6.45, 7) is 8.02. The first-order valence-corrected chi connectivity index (χ1v) is 5.52. The Bertz CT molecular complexity index is 235. The van der Waals surface area contributed by atoms with Crippen molar-refractivity contribution in [2.45, 2.75) is 45.7 Å². The summed E-state index contributed by atoms with van der Waals surface area (Å²) >= 11 is 0. The number of rotatable bonds is 3. The zero-order valence-electron chi connectivity index (χ0n) is 9.86. The van der Waals surface area contributed by atoms with Crippen LogP contribution < -0.4 is 5.73 Å². The maximum Gasteiger partial charge on any atom is 0.304 e. The van der Waals surface area contributed by atoms with Gasteiger partial charge in [0.2, 0.25) is 0 Å². The maximum atomic E-state index is 10.8. The molecular weight excluding hydrogens is 192 g/mol. The fourth-order valence-corrected chi connectivity index (χ4v) is 2.25. The minimum Gasteiger partial charge on any atom is -0.481 e. The van der Waals surface area contributed by atoms with Crippen LogP contribution in [0, 0.1) is 5.41 Å². The van der Waals surface area contributed by atoms with E-state index in [1.807, 2.05) is 0 Å². The van der Waals surface area contributed by atoms with Crippen LogP contribution in [0.2, 0.25) is 0 Å². The van der Waals surface area contributed by atoms with Crippen LogP contribution in [0.5, 0.6) is 0 Å². The van der Waals surface area contributed by atoms with E-state index in [9.17, 15) is 4.79 Å². The minimum atomic E-state index is -0.726. The maximum absolute atomic E-state index is 10.8. The van der Waals surface area contributed by atoms with Gasteiger partial charge in [0.15, 0.2) is 0 Å². The van der Waals surface area contributed by atoms with Crippen LogP contribution in [0.25, 0.3) is 0 Å². The van der Waals surface area contributed by atoms with Crippen molar-refractivity contribution in [1.29, 1.82) is 0 Å². The van der Waals surface area contributed by atoms with E-state index in [2.05, 4.69) is 25.7 Å². The summed E-state index contributed by atoms with van der Waals surface area (Å²) < 4.78 is 0. The summed E-state index contributed by atoms with van der Waals surface area (Å²) in [5, 5.41) is 8.92. The fourth-order valence-electron chi connectivity index (χ4n) is 2.25. The molecule has 0 spiro atoms. The zero-order chi connectivity index (χ0) is 11.6. The lowest BCUT2D eigenvalue weighted by Crippen LogP contribution is -2.45. The zero-order valence-corrected chi connectivity index (χ0v) is 9.86. The molecule has 1 aliphatic rings. The molecule has 0 amide bonds. The Hall–Kier alpha value is -0.610. The van der Waals surface area contributed by atoms with Crippen molar-refractivity contribution in [3.63, 3.8) is 0 Å². The lowest BCUT2D eigenvalue weighted by Gasteiger charge is -2.37. The van der Waals surface area contributed by atoms with Gasteiger partial charge < -0.3 is 10.8 Å². The van der Waals surface area contributed by atoms with Crippen LogP contribution in [-0.4, -0.2) is 41.1 Å². The number of hydrogen-bond donors (Lipinski definition) is 2. The highest BCUT2D eigenvalue weighted by atomic mass is 16.4. The first-order valence-electron chi connectivity index (χ1n) is 5.52. The molecule has 0 aromatic heterocycles. The number of nitrogens with zero attached hydrogens (tertiary/aromatic N) is 1. The molecule has 2 unspecified atom stereocenters. The van der Waals surface area contributed by atoms with E-state index in [1.54, 1.807) is 0 Å². The quantitative estimate of drug-likeness (QED) is 0.733. The van der Waals surface area contributed by atoms with Gasteiger partial charge in [0.25, 0.3) is 0 Å². The summed E-state index contributed by atoms with van der Waals surface area (Å²) in [4.78, 5) is 13.1. The molecule has 1 aliphatic heterocycles. The van der Waals surface area contributed by atoms with Crippen LogP contribution in [0.3, 0.4) is 0 Å². The third-order valence-corrected chi connectivity index (χ3v) is 3.06. The Morgan fingerprint density at radius 1 is 1.60 bits per heavy atom. The second kappa shape index (κ2) is 4.49. The highest BCUT2D eigenvalue weighted by molar-refractivity contribution is 5.67. The van der Waals surface area contributed by atoms with Crippen molar-refractivity contribution in [2.24, 2.45) is 11.1 Å². The van der Waals surface area contributed by atoms with E-state index >= 15 is 0 Å². The molecular formula is C11H22N2O2. The predicted octanol–water partition coefficient (Wildman–Crippen LogP) is 0.909. The van der Waals surface area contributed by atoms with Gasteiger partial charge >= 0.3 is 5.97 Å². The topological polar surface area (TPSA) is 66.6 Å². The summed E-state index contributed by atoms with van der Waals surface area (Å²) in [6.07, 6.45) is 1.18. The lowest BCUT2D eigenvalue weighted by molar-refractivity contribution is -0.139. The van der Waals surface area contributed by atoms with Crippen LogP contribution in [0.15, 0.2) is 0 Å². The van der Waals surface area contributed by atoms with Gasteiger partial charge in [-0.3, -0.25) is 9.69 Å². The van der Waals surface area contributed by atoms with Crippen molar-refractivity contribution in [3.8, 4) is 0 Å². The second-order valence-corrected chi connectivity index (χ2v) is 5.52. The first kappa shape index (κ1) is 12.5. The standard InChI is InChI=1S/C11H22N2O2/c1-11(2,3)9(6-10(14)15)13-5-4-8(12)7-13/h8-9H,4-7,12H2,1-3H3,(H,14,15). The Balaban J connectivity index is 2.68. The molecule has 4 nitrogen and oxygen atoms in total. The van der Waals surface area contributed by atoms with Crippen LogP contribution in [0.1, 0.15) is 33.6 Å². The molecule has 1 saturated heterocycles. The lowest BCUT2D eigenvalue weighted by atomic mass is 9.84. The average molecular weight is 214 g/mol. The number of likely N-dealkylation sites (tertiary alicyclic amines) is 1. The van der Waals surface area contributed by atoms with Gasteiger partial charge in [-0.15, -0.1) is 0 Å². The number of carbonyl (C=O) groups is 1. The Labute approximate surface area is 91.4 Å². The molecule has 1 rings (SSSR count). The summed E-state index contributed by atoms with van der Waals surface area (Å²) in [5.41, 5.74) is 5.84. The number of carboxylic acid groups (broad SMARTS) is 1. The molecule has 1 fully saturated rings. The van der Waals surface area contributed by atoms with Gasteiger partial charge in [0.05, 0.1) is 6.42 Å². The highest BCUT2D eigenvalue weighted by Crippen LogP contribution is 2.29. The molecule has 1 heterocycles. The van der Waals surface area contributed by atoms with E-state index in [4.69, 9.17) is 10.8 Å². The van der Waals surface area contributed by atoms with E-state index in [-0.39, 0.29) is 23.9 Å². The number of aliphatic carboxylic acids is 1. The summed E-state index contributed by atoms with van der Waals surface area (Å²) in [6, 6.07) is 0.298. The van der Waals surface area contributed by atoms with Crippen molar-refractivity contribution in [3.05, 3.63) is 0 Å². The number of carboxylic acids is 1. The molecule has 0 radical (unpaired) electrons. The van der Waals surface area contributed by atoms with Crippen LogP contribution in [0.4, 0.5) is 0 Å². The monoisotopic (exact) mass is 214 g/mol. The second-order valence-electron chi connectivity index (χ2n) is 5.52. The van der Waals surface area contributed by atoms with E-state index < -0.39 is 5.97 Å². The predicted molar refractivity (Wildman–Crippen MR) is 59.7 cm³/mol. The first-order chi connectivity index (χ1) is 6.80. The smallest absolute Gasteiger partial charge is 0.304 e. The van der Waals surface area contributed by atoms with Crippen LogP contribution in [-0.2, 0) is 4.79 Å². The van der Waals surface area contributed by atoms with Gasteiger partial charge in [-0.1, -0.05) is 20.8 Å². The molecule has 3 N–H and O–H groups in total. The molecule has 0 aromatic rings. The van der Waals surface area contributed by atoms with Crippen LogP contribution >= 0.6 is 0 Å². The third kappa shape index (κ3) is 3.47. The van der Waals surface area contributed by atoms with Crippen molar-refractivity contribution >= 4 is 5.97 Å². The molecule has 0 saturated carbocycles. The number of nitrogens with two attached hydrogens (primary N) is 1. The largest absolute Gasteiger partial charge is 0.481 e. The van der Waals surface area contributed by atoms with E-state index in [0.29, 0.717) is 0 Å². The molecule has 2 atom stereocenters. The average Bonchev–Trinajstić information content (AvgIpc) is 2.45.